The Labute approximate surface area is 119 Å². The van der Waals surface area contributed by atoms with Crippen LogP contribution in [0.1, 0.15) is 44.7 Å². The molecule has 1 aromatic rings. The van der Waals surface area contributed by atoms with E-state index in [0.29, 0.717) is 0 Å². The second-order valence-corrected chi connectivity index (χ2v) is 6.68. The predicted molar refractivity (Wildman–Crippen MR) is 86.6 cm³/mol. The van der Waals surface area contributed by atoms with Gasteiger partial charge in [-0.05, 0) is 61.6 Å². The molecule has 0 bridgehead atoms. The van der Waals surface area contributed by atoms with Gasteiger partial charge in [-0.3, -0.25) is 0 Å². The molecule has 17 heavy (non-hydrogen) atoms. The summed E-state index contributed by atoms with van der Waals surface area (Å²) in [5, 5.41) is 0. The summed E-state index contributed by atoms with van der Waals surface area (Å²) in [4.78, 5) is 0. The Hall–Kier alpha value is -0.570. The predicted octanol–water partition coefficient (Wildman–Crippen LogP) is 5.73. The highest BCUT2D eigenvalue weighted by atomic mass is 127. The topological polar surface area (TPSA) is 0 Å². The summed E-state index contributed by atoms with van der Waals surface area (Å²) < 4.78 is 1.38. The van der Waals surface area contributed by atoms with Crippen LogP contribution in [0.3, 0.4) is 0 Å². The van der Waals surface area contributed by atoms with Crippen molar-refractivity contribution in [1.29, 1.82) is 0 Å². The third kappa shape index (κ3) is 5.07. The Kier molecular flexibility index (Phi) is 5.44. The Balaban J connectivity index is 2.78. The van der Waals surface area contributed by atoms with Crippen LogP contribution >= 0.6 is 22.6 Å². The van der Waals surface area contributed by atoms with Crippen LogP contribution in [0, 0.1) is 0 Å². The molecule has 0 unspecified atom stereocenters. The van der Waals surface area contributed by atoms with Gasteiger partial charge in [-0.25, -0.2) is 0 Å². The SMILES string of the molecule is C=CCC/C(I)=C\c1ccc(C(C)(C)C)cc1. The molecule has 0 nitrogen and oxygen atoms in total. The minimum atomic E-state index is 0.234. The molecule has 0 saturated heterocycles. The molecule has 92 valence electrons. The van der Waals surface area contributed by atoms with E-state index in [-0.39, 0.29) is 5.41 Å². The van der Waals surface area contributed by atoms with Gasteiger partial charge < -0.3 is 0 Å². The fourth-order valence-corrected chi connectivity index (χ4v) is 2.24. The highest BCUT2D eigenvalue weighted by Gasteiger charge is 2.12. The van der Waals surface area contributed by atoms with Crippen molar-refractivity contribution >= 4 is 28.7 Å². The van der Waals surface area contributed by atoms with Gasteiger partial charge in [0, 0.05) is 0 Å². The van der Waals surface area contributed by atoms with E-state index < -0.39 is 0 Å². The fourth-order valence-electron chi connectivity index (χ4n) is 1.57. The standard InChI is InChI=1S/C16H21I/c1-5-6-7-15(17)12-13-8-10-14(11-9-13)16(2,3)4/h5,8-12H,1,6-7H2,2-4H3/b15-12+. The van der Waals surface area contributed by atoms with Gasteiger partial charge in [0.2, 0.25) is 0 Å². The number of benzene rings is 1. The highest BCUT2D eigenvalue weighted by molar-refractivity contribution is 14.1. The zero-order chi connectivity index (χ0) is 12.9. The maximum atomic E-state index is 3.75. The Bertz CT molecular complexity index is 391. The van der Waals surface area contributed by atoms with E-state index in [2.05, 4.69) is 80.3 Å². The molecule has 1 rings (SSSR count). The van der Waals surface area contributed by atoms with Gasteiger partial charge in [0.15, 0.2) is 0 Å². The average molecular weight is 340 g/mol. The summed E-state index contributed by atoms with van der Waals surface area (Å²) in [6, 6.07) is 8.85. The lowest BCUT2D eigenvalue weighted by Crippen LogP contribution is -2.10. The van der Waals surface area contributed by atoms with Crippen molar-refractivity contribution in [3.05, 3.63) is 51.6 Å². The number of halogens is 1. The summed E-state index contributed by atoms with van der Waals surface area (Å²) >= 11 is 2.41. The second-order valence-electron chi connectivity index (χ2n) is 5.29. The van der Waals surface area contributed by atoms with Gasteiger partial charge in [-0.1, -0.05) is 51.1 Å². The van der Waals surface area contributed by atoms with E-state index in [1.165, 1.54) is 14.7 Å². The van der Waals surface area contributed by atoms with E-state index in [9.17, 15) is 0 Å². The molecule has 1 heteroatoms. The van der Waals surface area contributed by atoms with E-state index in [1.807, 2.05) is 6.08 Å². The molecule has 0 aliphatic carbocycles. The number of allylic oxidation sites excluding steroid dienone is 2. The molecule has 0 heterocycles. The van der Waals surface area contributed by atoms with Crippen LogP contribution in [0.15, 0.2) is 40.5 Å². The van der Waals surface area contributed by atoms with E-state index in [1.54, 1.807) is 0 Å². The monoisotopic (exact) mass is 340 g/mol. The summed E-state index contributed by atoms with van der Waals surface area (Å²) in [7, 11) is 0. The molecular weight excluding hydrogens is 319 g/mol. The summed E-state index contributed by atoms with van der Waals surface area (Å²) in [5.41, 5.74) is 2.90. The molecule has 0 aliphatic rings. The Morgan fingerprint density at radius 3 is 2.29 bits per heavy atom. The van der Waals surface area contributed by atoms with E-state index in [0.717, 1.165) is 12.8 Å². The lowest BCUT2D eigenvalue weighted by molar-refractivity contribution is 0.590. The zero-order valence-electron chi connectivity index (χ0n) is 11.0. The van der Waals surface area contributed by atoms with Crippen LogP contribution < -0.4 is 0 Å². The normalized spacial score (nSPS) is 12.6. The average Bonchev–Trinajstić information content (AvgIpc) is 2.26. The summed E-state index contributed by atoms with van der Waals surface area (Å²) in [5.74, 6) is 0. The first-order chi connectivity index (χ1) is 7.93. The molecule has 0 saturated carbocycles. The van der Waals surface area contributed by atoms with Crippen molar-refractivity contribution in [2.45, 2.75) is 39.0 Å². The number of hydrogen-bond acceptors (Lipinski definition) is 0. The summed E-state index contributed by atoms with van der Waals surface area (Å²) in [6.07, 6.45) is 6.35. The van der Waals surface area contributed by atoms with Crippen LogP contribution in [0.5, 0.6) is 0 Å². The van der Waals surface area contributed by atoms with E-state index in [4.69, 9.17) is 0 Å². The van der Waals surface area contributed by atoms with Gasteiger partial charge in [-0.15, -0.1) is 6.58 Å². The molecule has 0 spiro atoms. The third-order valence-corrected chi connectivity index (χ3v) is 3.54. The number of rotatable bonds is 4. The maximum absolute atomic E-state index is 3.75. The smallest absolute Gasteiger partial charge is 0.00850 e. The highest BCUT2D eigenvalue weighted by Crippen LogP contribution is 2.24. The zero-order valence-corrected chi connectivity index (χ0v) is 13.1. The largest absolute Gasteiger partial charge is 0.103 e. The molecule has 0 amide bonds. The van der Waals surface area contributed by atoms with Gasteiger partial charge in [0.1, 0.15) is 0 Å². The van der Waals surface area contributed by atoms with Gasteiger partial charge in [-0.2, -0.15) is 0 Å². The first-order valence-corrected chi connectivity index (χ1v) is 7.09. The van der Waals surface area contributed by atoms with Crippen molar-refractivity contribution in [3.8, 4) is 0 Å². The molecule has 0 atom stereocenters. The quantitative estimate of drug-likeness (QED) is 0.485. The van der Waals surface area contributed by atoms with E-state index >= 15 is 0 Å². The van der Waals surface area contributed by atoms with Crippen molar-refractivity contribution < 1.29 is 0 Å². The first-order valence-electron chi connectivity index (χ1n) is 6.01. The van der Waals surface area contributed by atoms with Crippen LogP contribution in [-0.4, -0.2) is 0 Å². The second kappa shape index (κ2) is 6.39. The van der Waals surface area contributed by atoms with Crippen LogP contribution in [-0.2, 0) is 5.41 Å². The minimum Gasteiger partial charge on any atom is -0.103 e. The fraction of sp³-hybridized carbons (Fsp3) is 0.375. The number of hydrogen-bond donors (Lipinski definition) is 0. The third-order valence-electron chi connectivity index (χ3n) is 2.69. The minimum absolute atomic E-state index is 0.234. The molecule has 0 aliphatic heterocycles. The van der Waals surface area contributed by atoms with Crippen molar-refractivity contribution in [2.75, 3.05) is 0 Å². The first kappa shape index (κ1) is 14.5. The lowest BCUT2D eigenvalue weighted by Gasteiger charge is -2.18. The Morgan fingerprint density at radius 1 is 1.24 bits per heavy atom. The molecule has 0 N–H and O–H groups in total. The van der Waals surface area contributed by atoms with Crippen molar-refractivity contribution in [2.24, 2.45) is 0 Å². The van der Waals surface area contributed by atoms with Gasteiger partial charge >= 0.3 is 0 Å². The lowest BCUT2D eigenvalue weighted by atomic mass is 9.87. The van der Waals surface area contributed by atoms with Crippen molar-refractivity contribution in [1.82, 2.24) is 0 Å². The molecule has 0 aromatic heterocycles. The van der Waals surface area contributed by atoms with Gasteiger partial charge in [0.05, 0.1) is 0 Å². The molecule has 0 radical (unpaired) electrons. The molecule has 0 fully saturated rings. The summed E-state index contributed by atoms with van der Waals surface area (Å²) in [6.45, 7) is 10.5. The van der Waals surface area contributed by atoms with Gasteiger partial charge in [0.25, 0.3) is 0 Å². The Morgan fingerprint density at radius 2 is 1.82 bits per heavy atom. The van der Waals surface area contributed by atoms with Crippen LogP contribution in [0.25, 0.3) is 6.08 Å². The van der Waals surface area contributed by atoms with Crippen LogP contribution in [0.4, 0.5) is 0 Å². The maximum Gasteiger partial charge on any atom is -0.00850 e. The molecule has 1 aromatic carbocycles. The van der Waals surface area contributed by atoms with Crippen LogP contribution in [0.2, 0.25) is 0 Å². The molecular formula is C16H21I. The van der Waals surface area contributed by atoms with Crippen molar-refractivity contribution in [3.63, 3.8) is 0 Å².